The van der Waals surface area contributed by atoms with E-state index in [1.54, 1.807) is 6.07 Å². The summed E-state index contributed by atoms with van der Waals surface area (Å²) in [5, 5.41) is 2.45. The number of carbonyl (C=O) groups excluding carboxylic acids is 1. The van der Waals surface area contributed by atoms with Gasteiger partial charge < -0.3 is 5.32 Å². The van der Waals surface area contributed by atoms with Crippen LogP contribution in [0, 0.1) is 12.3 Å². The highest BCUT2D eigenvalue weighted by atomic mass is 16.2. The van der Waals surface area contributed by atoms with Gasteiger partial charge in [0.15, 0.2) is 0 Å². The van der Waals surface area contributed by atoms with Crippen LogP contribution < -0.4 is 11.0 Å². The molecule has 0 aliphatic carbocycles. The van der Waals surface area contributed by atoms with Crippen molar-refractivity contribution in [3.63, 3.8) is 0 Å². The molecule has 1 aromatic rings. The van der Waals surface area contributed by atoms with Gasteiger partial charge in [-0.1, -0.05) is 5.92 Å². The first kappa shape index (κ1) is 9.99. The molecule has 5 heteroatoms. The fourth-order valence-corrected chi connectivity index (χ4v) is 0.868. The Labute approximate surface area is 80.8 Å². The van der Waals surface area contributed by atoms with Crippen molar-refractivity contribution in [1.82, 2.24) is 14.9 Å². The predicted molar refractivity (Wildman–Crippen MR) is 50.3 cm³/mol. The number of nitrogens with zero attached hydrogens (tertiary/aromatic N) is 2. The monoisotopic (exact) mass is 191 g/mol. The van der Waals surface area contributed by atoms with Gasteiger partial charge in [0.25, 0.3) is 0 Å². The number of carbonyl (C=O) groups is 1. The van der Waals surface area contributed by atoms with E-state index in [4.69, 9.17) is 6.42 Å². The van der Waals surface area contributed by atoms with Gasteiger partial charge in [0.1, 0.15) is 6.54 Å². The van der Waals surface area contributed by atoms with Crippen LogP contribution in [0.3, 0.4) is 0 Å². The molecule has 0 fully saturated rings. The van der Waals surface area contributed by atoms with E-state index in [1.807, 2.05) is 0 Å². The molecule has 1 aromatic heterocycles. The van der Waals surface area contributed by atoms with E-state index in [0.717, 1.165) is 0 Å². The third-order valence-corrected chi connectivity index (χ3v) is 1.48. The summed E-state index contributed by atoms with van der Waals surface area (Å²) in [6.07, 6.45) is 7.82. The van der Waals surface area contributed by atoms with Crippen LogP contribution >= 0.6 is 0 Å². The third-order valence-electron chi connectivity index (χ3n) is 1.48. The first-order valence-corrected chi connectivity index (χ1v) is 3.95. The minimum atomic E-state index is -0.455. The second kappa shape index (κ2) is 4.82. The molecule has 72 valence electrons. The summed E-state index contributed by atoms with van der Waals surface area (Å²) in [5.41, 5.74) is -0.455. The lowest BCUT2D eigenvalue weighted by Crippen LogP contribution is -2.32. The largest absolute Gasteiger partial charge is 0.347 e. The van der Waals surface area contributed by atoms with Gasteiger partial charge in [0, 0.05) is 12.4 Å². The van der Waals surface area contributed by atoms with Gasteiger partial charge in [-0.25, -0.2) is 9.78 Å². The van der Waals surface area contributed by atoms with E-state index in [2.05, 4.69) is 16.2 Å². The first-order chi connectivity index (χ1) is 6.74. The Morgan fingerprint density at radius 1 is 1.71 bits per heavy atom. The van der Waals surface area contributed by atoms with E-state index in [-0.39, 0.29) is 19.0 Å². The fraction of sp³-hybridized carbons (Fsp3) is 0.222. The zero-order valence-corrected chi connectivity index (χ0v) is 7.43. The summed E-state index contributed by atoms with van der Waals surface area (Å²) in [6, 6.07) is 1.58. The van der Waals surface area contributed by atoms with Gasteiger partial charge in [-0.15, -0.1) is 6.42 Å². The van der Waals surface area contributed by atoms with Crippen LogP contribution in [-0.4, -0.2) is 22.0 Å². The smallest absolute Gasteiger partial charge is 0.344 e. The van der Waals surface area contributed by atoms with Crippen molar-refractivity contribution in [2.75, 3.05) is 6.54 Å². The van der Waals surface area contributed by atoms with Crippen molar-refractivity contribution in [3.05, 3.63) is 28.9 Å². The molecular weight excluding hydrogens is 182 g/mol. The molecule has 14 heavy (non-hydrogen) atoms. The zero-order chi connectivity index (χ0) is 10.4. The minimum Gasteiger partial charge on any atom is -0.344 e. The van der Waals surface area contributed by atoms with Crippen molar-refractivity contribution in [2.45, 2.75) is 6.54 Å². The Morgan fingerprint density at radius 2 is 2.50 bits per heavy atom. The van der Waals surface area contributed by atoms with Gasteiger partial charge in [-0.05, 0) is 6.07 Å². The summed E-state index contributed by atoms with van der Waals surface area (Å²) in [4.78, 5) is 25.7. The lowest BCUT2D eigenvalue weighted by Gasteiger charge is -2.03. The fourth-order valence-electron chi connectivity index (χ4n) is 0.868. The normalized spacial score (nSPS) is 9.07. The quantitative estimate of drug-likeness (QED) is 0.623. The molecule has 0 saturated heterocycles. The maximum absolute atomic E-state index is 11.1. The molecule has 0 aliphatic heterocycles. The van der Waals surface area contributed by atoms with Gasteiger partial charge in [0.2, 0.25) is 5.91 Å². The molecule has 0 aliphatic rings. The summed E-state index contributed by atoms with van der Waals surface area (Å²) >= 11 is 0. The van der Waals surface area contributed by atoms with Gasteiger partial charge in [0.05, 0.1) is 6.54 Å². The molecule has 0 unspecified atom stereocenters. The van der Waals surface area contributed by atoms with Crippen LogP contribution in [0.25, 0.3) is 0 Å². The number of terminal acetylenes is 1. The molecule has 0 spiro atoms. The third kappa shape index (κ3) is 2.75. The Kier molecular flexibility index (Phi) is 3.44. The van der Waals surface area contributed by atoms with E-state index < -0.39 is 5.69 Å². The van der Waals surface area contributed by atoms with Crippen molar-refractivity contribution < 1.29 is 4.79 Å². The lowest BCUT2D eigenvalue weighted by molar-refractivity contribution is -0.121. The number of hydrogen-bond acceptors (Lipinski definition) is 3. The average molecular weight is 191 g/mol. The number of rotatable bonds is 3. The molecule has 0 saturated carbocycles. The maximum atomic E-state index is 11.1. The first-order valence-electron chi connectivity index (χ1n) is 3.95. The highest BCUT2D eigenvalue weighted by Crippen LogP contribution is 1.79. The summed E-state index contributed by atoms with van der Waals surface area (Å²) in [6.45, 7) is 0.0994. The average Bonchev–Trinajstić information content (AvgIpc) is 2.18. The highest BCUT2D eigenvalue weighted by Gasteiger charge is 2.02. The second-order valence-electron chi connectivity index (χ2n) is 2.51. The standard InChI is InChI=1S/C9H9N3O2/c1-2-4-10-8(13)7-12-6-3-5-11-9(12)14/h1,3,5-6H,4,7H2,(H,10,13). The number of aromatic nitrogens is 2. The Hall–Kier alpha value is -2.09. The van der Waals surface area contributed by atoms with E-state index in [9.17, 15) is 9.59 Å². The number of nitrogens with one attached hydrogen (secondary N) is 1. The van der Waals surface area contributed by atoms with Crippen LogP contribution in [0.4, 0.5) is 0 Å². The minimum absolute atomic E-state index is 0.0612. The van der Waals surface area contributed by atoms with E-state index in [1.165, 1.54) is 17.0 Å². The molecule has 5 nitrogen and oxygen atoms in total. The summed E-state index contributed by atoms with van der Waals surface area (Å²) in [5.74, 6) is 1.96. The molecule has 0 radical (unpaired) electrons. The molecule has 1 rings (SSSR count). The molecule has 0 atom stereocenters. The van der Waals surface area contributed by atoms with Crippen LogP contribution in [-0.2, 0) is 11.3 Å². The van der Waals surface area contributed by atoms with Crippen molar-refractivity contribution in [3.8, 4) is 12.3 Å². The highest BCUT2D eigenvalue weighted by molar-refractivity contribution is 5.75. The topological polar surface area (TPSA) is 64.0 Å². The number of hydrogen-bond donors (Lipinski definition) is 1. The molecular formula is C9H9N3O2. The second-order valence-corrected chi connectivity index (χ2v) is 2.51. The van der Waals surface area contributed by atoms with Crippen LogP contribution in [0.5, 0.6) is 0 Å². The van der Waals surface area contributed by atoms with Crippen molar-refractivity contribution in [1.29, 1.82) is 0 Å². The predicted octanol–water partition coefficient (Wildman–Crippen LogP) is -1.01. The molecule has 1 N–H and O–H groups in total. The van der Waals surface area contributed by atoms with Crippen LogP contribution in [0.2, 0.25) is 0 Å². The Bertz CT molecular complexity index is 417. The SMILES string of the molecule is C#CCNC(=O)Cn1cccnc1=O. The molecule has 0 aromatic carbocycles. The summed E-state index contributed by atoms with van der Waals surface area (Å²) in [7, 11) is 0. The Morgan fingerprint density at radius 3 is 3.14 bits per heavy atom. The van der Waals surface area contributed by atoms with E-state index >= 15 is 0 Å². The molecule has 1 amide bonds. The molecule has 1 heterocycles. The maximum Gasteiger partial charge on any atom is 0.347 e. The van der Waals surface area contributed by atoms with Crippen molar-refractivity contribution in [2.24, 2.45) is 0 Å². The molecule has 0 bridgehead atoms. The zero-order valence-electron chi connectivity index (χ0n) is 7.43. The van der Waals surface area contributed by atoms with Crippen molar-refractivity contribution >= 4 is 5.91 Å². The summed E-state index contributed by atoms with van der Waals surface area (Å²) < 4.78 is 1.20. The Balaban J connectivity index is 2.62. The number of amides is 1. The van der Waals surface area contributed by atoms with E-state index in [0.29, 0.717) is 0 Å². The lowest BCUT2D eigenvalue weighted by atomic mass is 10.5. The van der Waals surface area contributed by atoms with Gasteiger partial charge >= 0.3 is 5.69 Å². The van der Waals surface area contributed by atoms with Gasteiger partial charge in [-0.3, -0.25) is 9.36 Å². The van der Waals surface area contributed by atoms with Crippen LogP contribution in [0.15, 0.2) is 23.3 Å². The van der Waals surface area contributed by atoms with Gasteiger partial charge in [-0.2, -0.15) is 0 Å². The van der Waals surface area contributed by atoms with Crippen LogP contribution in [0.1, 0.15) is 0 Å².